The Morgan fingerprint density at radius 1 is 1.29 bits per heavy atom. The fraction of sp³-hybridized carbons (Fsp3) is 0.688. The van der Waals surface area contributed by atoms with Gasteiger partial charge in [0.25, 0.3) is 5.91 Å². The molecular weight excluding hydrogens is 314 g/mol. The highest BCUT2D eigenvalue weighted by Crippen LogP contribution is 2.18. The number of hydrogen-bond acceptors (Lipinski definition) is 5. The minimum atomic E-state index is -0.633. The molecule has 2 aliphatic heterocycles. The van der Waals surface area contributed by atoms with E-state index >= 15 is 0 Å². The van der Waals surface area contributed by atoms with Crippen molar-refractivity contribution in [2.75, 3.05) is 26.2 Å². The number of likely N-dealkylation sites (tertiary alicyclic amines) is 1. The van der Waals surface area contributed by atoms with Gasteiger partial charge < -0.3 is 19.4 Å². The average molecular weight is 337 g/mol. The molecule has 0 aliphatic carbocycles. The molecule has 0 spiro atoms. The lowest BCUT2D eigenvalue weighted by Gasteiger charge is -2.33. The minimum Gasteiger partial charge on any atom is -0.416 e. The molecule has 0 aromatic carbocycles. The first kappa shape index (κ1) is 16.8. The summed E-state index contributed by atoms with van der Waals surface area (Å²) in [7, 11) is 0. The molecule has 2 atom stereocenters. The van der Waals surface area contributed by atoms with Gasteiger partial charge in [-0.3, -0.25) is 14.6 Å². The molecule has 3 rings (SSSR count). The third kappa shape index (κ3) is 4.05. The van der Waals surface area contributed by atoms with Crippen molar-refractivity contribution in [2.24, 2.45) is 5.92 Å². The lowest BCUT2D eigenvalue weighted by atomic mass is 9.97. The quantitative estimate of drug-likeness (QED) is 0.833. The van der Waals surface area contributed by atoms with E-state index in [1.807, 2.05) is 0 Å². The number of piperidine rings is 1. The third-order valence-electron chi connectivity index (χ3n) is 4.59. The highest BCUT2D eigenvalue weighted by molar-refractivity contribution is 5.91. The van der Waals surface area contributed by atoms with Gasteiger partial charge in [0.2, 0.25) is 5.91 Å². The first-order valence-electron chi connectivity index (χ1n) is 8.50. The van der Waals surface area contributed by atoms with Crippen LogP contribution in [0.25, 0.3) is 0 Å². The van der Waals surface area contributed by atoms with Crippen molar-refractivity contribution in [3.05, 3.63) is 22.5 Å². The predicted molar refractivity (Wildman–Crippen MR) is 84.6 cm³/mol. The van der Waals surface area contributed by atoms with Gasteiger partial charge >= 0.3 is 5.76 Å². The van der Waals surface area contributed by atoms with E-state index < -0.39 is 5.76 Å². The number of ether oxygens (including phenoxy) is 1. The van der Waals surface area contributed by atoms with Crippen molar-refractivity contribution >= 4 is 11.8 Å². The highest BCUT2D eigenvalue weighted by atomic mass is 16.5. The van der Waals surface area contributed by atoms with Gasteiger partial charge in [0, 0.05) is 26.2 Å². The molecule has 2 aliphatic rings. The highest BCUT2D eigenvalue weighted by Gasteiger charge is 2.27. The summed E-state index contributed by atoms with van der Waals surface area (Å²) in [6.45, 7) is 2.37. The largest absolute Gasteiger partial charge is 0.416 e. The summed E-state index contributed by atoms with van der Waals surface area (Å²) in [5.74, 6) is -0.731. The molecular formula is C16H23N3O5. The molecule has 8 heteroatoms. The summed E-state index contributed by atoms with van der Waals surface area (Å²) in [5.41, 5.74) is 0.167. The van der Waals surface area contributed by atoms with E-state index in [4.69, 9.17) is 4.74 Å². The second-order valence-corrected chi connectivity index (χ2v) is 6.42. The van der Waals surface area contributed by atoms with Gasteiger partial charge in [0.05, 0.1) is 0 Å². The SMILES string of the molecule is O=C(NC[C@H]1CCCN(C(=O)c2coc(=O)[nH]2)C1)C1CCCCO1. The average Bonchev–Trinajstić information content (AvgIpc) is 3.06. The summed E-state index contributed by atoms with van der Waals surface area (Å²) in [6, 6.07) is 0. The van der Waals surface area contributed by atoms with E-state index in [1.165, 1.54) is 0 Å². The molecule has 0 radical (unpaired) electrons. The maximum atomic E-state index is 12.3. The number of H-pyrrole nitrogens is 1. The topological polar surface area (TPSA) is 105 Å². The molecule has 24 heavy (non-hydrogen) atoms. The van der Waals surface area contributed by atoms with Crippen LogP contribution in [0.2, 0.25) is 0 Å². The number of amides is 2. The zero-order valence-corrected chi connectivity index (χ0v) is 13.6. The minimum absolute atomic E-state index is 0.0580. The summed E-state index contributed by atoms with van der Waals surface area (Å²) in [5, 5.41) is 2.95. The zero-order chi connectivity index (χ0) is 16.9. The van der Waals surface area contributed by atoms with Crippen molar-refractivity contribution in [1.29, 1.82) is 0 Å². The van der Waals surface area contributed by atoms with E-state index in [0.717, 1.165) is 38.4 Å². The molecule has 132 valence electrons. The van der Waals surface area contributed by atoms with Crippen molar-refractivity contribution in [1.82, 2.24) is 15.2 Å². The number of nitrogens with one attached hydrogen (secondary N) is 2. The number of carbonyl (C=O) groups is 2. The maximum Gasteiger partial charge on any atom is 0.416 e. The van der Waals surface area contributed by atoms with Gasteiger partial charge in [-0.15, -0.1) is 0 Å². The van der Waals surface area contributed by atoms with Gasteiger partial charge in [-0.1, -0.05) is 0 Å². The molecule has 1 unspecified atom stereocenters. The second-order valence-electron chi connectivity index (χ2n) is 6.42. The van der Waals surface area contributed by atoms with Crippen LogP contribution in [0.1, 0.15) is 42.6 Å². The van der Waals surface area contributed by atoms with Crippen LogP contribution in [-0.4, -0.2) is 54.0 Å². The monoisotopic (exact) mass is 337 g/mol. The Hall–Kier alpha value is -2.09. The summed E-state index contributed by atoms with van der Waals surface area (Å²) in [6.07, 6.45) is 5.44. The van der Waals surface area contributed by atoms with Crippen molar-refractivity contribution in [2.45, 2.75) is 38.2 Å². The molecule has 2 N–H and O–H groups in total. The van der Waals surface area contributed by atoms with Crippen LogP contribution in [0.3, 0.4) is 0 Å². The van der Waals surface area contributed by atoms with Gasteiger partial charge in [0.15, 0.2) is 0 Å². The van der Waals surface area contributed by atoms with Gasteiger partial charge in [0.1, 0.15) is 18.1 Å². The van der Waals surface area contributed by atoms with Crippen LogP contribution < -0.4 is 11.1 Å². The summed E-state index contributed by atoms with van der Waals surface area (Å²) in [4.78, 5) is 39.5. The molecule has 2 saturated heterocycles. The van der Waals surface area contributed by atoms with Crippen LogP contribution in [0.4, 0.5) is 0 Å². The number of hydrogen-bond donors (Lipinski definition) is 2. The maximum absolute atomic E-state index is 12.3. The van der Waals surface area contributed by atoms with E-state index in [2.05, 4.69) is 14.7 Å². The smallest absolute Gasteiger partial charge is 0.416 e. The number of aromatic amines is 1. The van der Waals surface area contributed by atoms with E-state index in [9.17, 15) is 14.4 Å². The Balaban J connectivity index is 1.49. The van der Waals surface area contributed by atoms with E-state index in [-0.39, 0.29) is 29.5 Å². The number of carbonyl (C=O) groups excluding carboxylic acids is 2. The van der Waals surface area contributed by atoms with Crippen LogP contribution in [0, 0.1) is 5.92 Å². The van der Waals surface area contributed by atoms with E-state index in [1.54, 1.807) is 4.90 Å². The lowest BCUT2D eigenvalue weighted by molar-refractivity contribution is -0.135. The molecule has 0 bridgehead atoms. The molecule has 8 nitrogen and oxygen atoms in total. The number of rotatable bonds is 4. The van der Waals surface area contributed by atoms with Crippen LogP contribution >= 0.6 is 0 Å². The second kappa shape index (κ2) is 7.65. The molecule has 2 amide bonds. The normalized spacial score (nSPS) is 24.6. The van der Waals surface area contributed by atoms with Crippen molar-refractivity contribution in [3.8, 4) is 0 Å². The Morgan fingerprint density at radius 3 is 2.88 bits per heavy atom. The lowest BCUT2D eigenvalue weighted by Crippen LogP contribution is -2.46. The number of aromatic nitrogens is 1. The number of oxazole rings is 1. The van der Waals surface area contributed by atoms with Crippen molar-refractivity contribution in [3.63, 3.8) is 0 Å². The van der Waals surface area contributed by atoms with Crippen LogP contribution in [0.5, 0.6) is 0 Å². The summed E-state index contributed by atoms with van der Waals surface area (Å²) < 4.78 is 10.1. The fourth-order valence-corrected chi connectivity index (χ4v) is 3.28. The molecule has 2 fully saturated rings. The zero-order valence-electron chi connectivity index (χ0n) is 13.6. The summed E-state index contributed by atoms with van der Waals surface area (Å²) >= 11 is 0. The van der Waals surface area contributed by atoms with Gasteiger partial charge in [-0.05, 0) is 38.0 Å². The Morgan fingerprint density at radius 2 is 2.17 bits per heavy atom. The molecule has 1 aromatic heterocycles. The third-order valence-corrected chi connectivity index (χ3v) is 4.59. The van der Waals surface area contributed by atoms with Gasteiger partial charge in [-0.2, -0.15) is 0 Å². The standard InChI is InChI=1S/C16H23N3O5/c20-14(13-5-1-2-7-23-13)17-8-11-4-3-6-19(9-11)15(21)12-10-24-16(22)18-12/h10-11,13H,1-9H2,(H,17,20)(H,18,22)/t11-,13?/m1/s1. The van der Waals surface area contributed by atoms with Crippen molar-refractivity contribution < 1.29 is 18.7 Å². The van der Waals surface area contributed by atoms with Crippen LogP contribution in [0.15, 0.2) is 15.5 Å². The number of nitrogens with zero attached hydrogens (tertiary/aromatic N) is 1. The molecule has 1 aromatic rings. The van der Waals surface area contributed by atoms with Gasteiger partial charge in [-0.25, -0.2) is 4.79 Å². The molecule has 3 heterocycles. The van der Waals surface area contributed by atoms with E-state index in [0.29, 0.717) is 26.2 Å². The Bertz CT molecular complexity index is 632. The predicted octanol–water partition coefficient (Wildman–Crippen LogP) is 0.505. The molecule has 0 saturated carbocycles. The first-order valence-corrected chi connectivity index (χ1v) is 8.50. The Labute approximate surface area is 139 Å². The van der Waals surface area contributed by atoms with Crippen LogP contribution in [-0.2, 0) is 9.53 Å². The Kier molecular flexibility index (Phi) is 5.34. The fourth-order valence-electron chi connectivity index (χ4n) is 3.28. The first-order chi connectivity index (χ1) is 11.6.